The molecule has 0 saturated carbocycles. The first-order valence-corrected chi connectivity index (χ1v) is 8.13. The van der Waals surface area contributed by atoms with Gasteiger partial charge in [0.25, 0.3) is 5.91 Å². The van der Waals surface area contributed by atoms with E-state index < -0.39 is 0 Å². The van der Waals surface area contributed by atoms with Crippen LogP contribution in [0.2, 0.25) is 5.02 Å². The number of carbonyl (C=O) groups excluding carboxylic acids is 1. The largest absolute Gasteiger partial charge is 0.338 e. The molecule has 3 rings (SSSR count). The van der Waals surface area contributed by atoms with E-state index in [2.05, 4.69) is 5.32 Å². The Morgan fingerprint density at radius 2 is 2.05 bits per heavy atom. The molecule has 2 atom stereocenters. The predicted octanol–water partition coefficient (Wildman–Crippen LogP) is 2.35. The minimum atomic E-state index is 0.0790. The van der Waals surface area contributed by atoms with Crippen molar-refractivity contribution in [3.05, 3.63) is 28.8 Å². The Hall–Kier alpha value is -0.710. The molecular formula is C14H17ClN2OS. The maximum atomic E-state index is 12.6. The van der Waals surface area contributed by atoms with Crippen LogP contribution in [0.1, 0.15) is 10.4 Å². The Bertz CT molecular complexity index is 496. The van der Waals surface area contributed by atoms with E-state index in [1.165, 1.54) is 0 Å². The molecule has 3 nitrogen and oxygen atoms in total. The average molecular weight is 297 g/mol. The highest BCUT2D eigenvalue weighted by Crippen LogP contribution is 2.30. The van der Waals surface area contributed by atoms with E-state index in [0.29, 0.717) is 22.4 Å². The number of nitrogens with one attached hydrogen (secondary N) is 1. The molecule has 0 aliphatic carbocycles. The monoisotopic (exact) mass is 296 g/mol. The molecule has 1 amide bonds. The van der Waals surface area contributed by atoms with Gasteiger partial charge < -0.3 is 10.2 Å². The minimum Gasteiger partial charge on any atom is -0.338 e. The summed E-state index contributed by atoms with van der Waals surface area (Å²) in [6.07, 6.45) is 2.00. The number of likely N-dealkylation sites (tertiary alicyclic amines) is 1. The summed E-state index contributed by atoms with van der Waals surface area (Å²) >= 11 is 7.81. The topological polar surface area (TPSA) is 32.3 Å². The van der Waals surface area contributed by atoms with Crippen molar-refractivity contribution in [3.8, 4) is 0 Å². The van der Waals surface area contributed by atoms with Crippen LogP contribution >= 0.6 is 23.4 Å². The lowest BCUT2D eigenvalue weighted by atomic mass is 10.0. The highest BCUT2D eigenvalue weighted by atomic mass is 35.5. The summed E-state index contributed by atoms with van der Waals surface area (Å²) in [5.41, 5.74) is 0.640. The number of thioether (sulfide) groups is 1. The number of hydrogen-bond acceptors (Lipinski definition) is 3. The standard InChI is InChI=1S/C14H17ClN2OS/c1-19-11-2-3-13(15)12(4-11)14(18)17-7-9-5-16-6-10(9)8-17/h2-4,9-10,16H,5-8H2,1H3/t9-,10+. The van der Waals surface area contributed by atoms with Gasteiger partial charge >= 0.3 is 0 Å². The zero-order chi connectivity index (χ0) is 13.4. The summed E-state index contributed by atoms with van der Waals surface area (Å²) in [4.78, 5) is 15.6. The minimum absolute atomic E-state index is 0.0790. The summed E-state index contributed by atoms with van der Waals surface area (Å²) in [5, 5.41) is 3.94. The van der Waals surface area contributed by atoms with Crippen molar-refractivity contribution in [3.63, 3.8) is 0 Å². The van der Waals surface area contributed by atoms with Gasteiger partial charge in [0.05, 0.1) is 10.6 Å². The molecule has 5 heteroatoms. The van der Waals surface area contributed by atoms with E-state index in [0.717, 1.165) is 31.1 Å². The SMILES string of the molecule is CSc1ccc(Cl)c(C(=O)N2C[C@H]3CNC[C@H]3C2)c1. The number of benzene rings is 1. The highest BCUT2D eigenvalue weighted by Gasteiger charge is 2.38. The molecule has 0 aromatic heterocycles. The fraction of sp³-hybridized carbons (Fsp3) is 0.500. The van der Waals surface area contributed by atoms with Crippen LogP contribution < -0.4 is 5.32 Å². The Kier molecular flexibility index (Phi) is 3.74. The fourth-order valence-corrected chi connectivity index (χ4v) is 3.63. The van der Waals surface area contributed by atoms with Crippen molar-refractivity contribution in [2.24, 2.45) is 11.8 Å². The lowest BCUT2D eigenvalue weighted by Crippen LogP contribution is -2.32. The molecule has 2 aliphatic heterocycles. The average Bonchev–Trinajstić information content (AvgIpc) is 2.99. The predicted molar refractivity (Wildman–Crippen MR) is 79.0 cm³/mol. The van der Waals surface area contributed by atoms with E-state index in [4.69, 9.17) is 11.6 Å². The molecule has 0 bridgehead atoms. The Labute approximate surface area is 122 Å². The summed E-state index contributed by atoms with van der Waals surface area (Å²) in [6.45, 7) is 3.78. The summed E-state index contributed by atoms with van der Waals surface area (Å²) in [5.74, 6) is 1.31. The zero-order valence-electron chi connectivity index (χ0n) is 10.9. The van der Waals surface area contributed by atoms with Gasteiger partial charge in [0.15, 0.2) is 0 Å². The third-order valence-electron chi connectivity index (χ3n) is 4.08. The van der Waals surface area contributed by atoms with E-state index in [1.807, 2.05) is 29.4 Å². The van der Waals surface area contributed by atoms with Crippen LogP contribution in [0.25, 0.3) is 0 Å². The van der Waals surface area contributed by atoms with E-state index in [1.54, 1.807) is 11.8 Å². The van der Waals surface area contributed by atoms with Crippen LogP contribution in [0.4, 0.5) is 0 Å². The lowest BCUT2D eigenvalue weighted by Gasteiger charge is -2.18. The Morgan fingerprint density at radius 1 is 1.37 bits per heavy atom. The molecular weight excluding hydrogens is 280 g/mol. The van der Waals surface area contributed by atoms with Gasteiger partial charge in [-0.25, -0.2) is 0 Å². The number of rotatable bonds is 2. The molecule has 102 valence electrons. The van der Waals surface area contributed by atoms with Gasteiger partial charge in [0.2, 0.25) is 0 Å². The molecule has 2 fully saturated rings. The number of hydrogen-bond donors (Lipinski definition) is 1. The van der Waals surface area contributed by atoms with Gasteiger partial charge in [-0.05, 0) is 36.3 Å². The first-order valence-electron chi connectivity index (χ1n) is 6.52. The Morgan fingerprint density at radius 3 is 2.68 bits per heavy atom. The van der Waals surface area contributed by atoms with Crippen molar-refractivity contribution in [2.75, 3.05) is 32.4 Å². The molecule has 1 N–H and O–H groups in total. The van der Waals surface area contributed by atoms with Crippen molar-refractivity contribution >= 4 is 29.3 Å². The second-order valence-electron chi connectivity index (χ2n) is 5.23. The molecule has 19 heavy (non-hydrogen) atoms. The normalized spacial score (nSPS) is 25.7. The number of halogens is 1. The quantitative estimate of drug-likeness (QED) is 0.850. The third-order valence-corrected chi connectivity index (χ3v) is 5.14. The second-order valence-corrected chi connectivity index (χ2v) is 6.52. The zero-order valence-corrected chi connectivity index (χ0v) is 12.4. The summed E-state index contributed by atoms with van der Waals surface area (Å²) in [7, 11) is 0. The fourth-order valence-electron chi connectivity index (χ4n) is 2.99. The first-order chi connectivity index (χ1) is 9.19. The first kappa shape index (κ1) is 13.3. The maximum absolute atomic E-state index is 12.6. The second kappa shape index (κ2) is 5.35. The van der Waals surface area contributed by atoms with Gasteiger partial charge in [-0.15, -0.1) is 11.8 Å². The number of nitrogens with zero attached hydrogens (tertiary/aromatic N) is 1. The van der Waals surface area contributed by atoms with Crippen molar-refractivity contribution in [2.45, 2.75) is 4.90 Å². The third kappa shape index (κ3) is 2.49. The van der Waals surface area contributed by atoms with Crippen LogP contribution in [0.5, 0.6) is 0 Å². The van der Waals surface area contributed by atoms with E-state index in [-0.39, 0.29) is 5.91 Å². The van der Waals surface area contributed by atoms with Crippen LogP contribution in [0.3, 0.4) is 0 Å². The van der Waals surface area contributed by atoms with E-state index in [9.17, 15) is 4.79 Å². The molecule has 2 heterocycles. The van der Waals surface area contributed by atoms with Gasteiger partial charge in [-0.3, -0.25) is 4.79 Å². The van der Waals surface area contributed by atoms with Gasteiger partial charge in [-0.1, -0.05) is 11.6 Å². The molecule has 1 aromatic carbocycles. The highest BCUT2D eigenvalue weighted by molar-refractivity contribution is 7.98. The number of amides is 1. The summed E-state index contributed by atoms with van der Waals surface area (Å²) in [6, 6.07) is 5.67. The molecule has 2 aliphatic rings. The molecule has 1 aromatic rings. The molecule has 0 spiro atoms. The van der Waals surface area contributed by atoms with Gasteiger partial charge in [0, 0.05) is 31.1 Å². The van der Waals surface area contributed by atoms with Crippen LogP contribution in [-0.4, -0.2) is 43.2 Å². The summed E-state index contributed by atoms with van der Waals surface area (Å²) < 4.78 is 0. The molecule has 2 saturated heterocycles. The van der Waals surface area contributed by atoms with Crippen molar-refractivity contribution in [1.82, 2.24) is 10.2 Å². The number of carbonyl (C=O) groups is 1. The lowest BCUT2D eigenvalue weighted by molar-refractivity contribution is 0.0781. The van der Waals surface area contributed by atoms with Crippen LogP contribution in [0, 0.1) is 11.8 Å². The number of fused-ring (bicyclic) bond motifs is 1. The van der Waals surface area contributed by atoms with Crippen molar-refractivity contribution in [1.29, 1.82) is 0 Å². The smallest absolute Gasteiger partial charge is 0.255 e. The van der Waals surface area contributed by atoms with Crippen LogP contribution in [-0.2, 0) is 0 Å². The van der Waals surface area contributed by atoms with Crippen LogP contribution in [0.15, 0.2) is 23.1 Å². The Balaban J connectivity index is 1.80. The van der Waals surface area contributed by atoms with E-state index >= 15 is 0 Å². The van der Waals surface area contributed by atoms with Gasteiger partial charge in [-0.2, -0.15) is 0 Å². The molecule has 0 radical (unpaired) electrons. The van der Waals surface area contributed by atoms with Crippen molar-refractivity contribution < 1.29 is 4.79 Å². The molecule has 0 unspecified atom stereocenters. The van der Waals surface area contributed by atoms with Gasteiger partial charge in [0.1, 0.15) is 0 Å². The maximum Gasteiger partial charge on any atom is 0.255 e.